The standard InChI is InChI=1S/C29H37N3O6S/c1-6-17-31-20-24(28(33)23-19-22(12-13-25(23)31)39(35,36)32(7-2)8-3)29(34)30-16-15-21-11-14-26(37-9-4)27(18-21)38-10-5/h6,11-14,18-20H,1,7-10,15-17H2,2-5H3,(H,30,34). The summed E-state index contributed by atoms with van der Waals surface area (Å²) in [6.07, 6.45) is 3.65. The van der Waals surface area contributed by atoms with E-state index in [0.29, 0.717) is 56.3 Å². The fraction of sp³-hybridized carbons (Fsp3) is 0.379. The van der Waals surface area contributed by atoms with Crippen molar-refractivity contribution in [2.24, 2.45) is 0 Å². The quantitative estimate of drug-likeness (QED) is 0.302. The van der Waals surface area contributed by atoms with Gasteiger partial charge in [-0.05, 0) is 56.2 Å². The second-order valence-corrected chi connectivity index (χ2v) is 10.7. The van der Waals surface area contributed by atoms with Gasteiger partial charge in [0.15, 0.2) is 11.5 Å². The van der Waals surface area contributed by atoms with Crippen molar-refractivity contribution in [1.82, 2.24) is 14.2 Å². The molecule has 39 heavy (non-hydrogen) atoms. The van der Waals surface area contributed by atoms with Crippen LogP contribution < -0.4 is 20.2 Å². The zero-order valence-electron chi connectivity index (χ0n) is 23.0. The zero-order chi connectivity index (χ0) is 28.6. The number of benzene rings is 2. The molecule has 0 aliphatic heterocycles. The van der Waals surface area contributed by atoms with Crippen LogP contribution in [0, 0.1) is 0 Å². The summed E-state index contributed by atoms with van der Waals surface area (Å²) in [5.41, 5.74) is 0.867. The maximum absolute atomic E-state index is 13.4. The second kappa shape index (κ2) is 13.4. The monoisotopic (exact) mass is 555 g/mol. The smallest absolute Gasteiger partial charge is 0.256 e. The van der Waals surface area contributed by atoms with Gasteiger partial charge in [-0.25, -0.2) is 8.42 Å². The summed E-state index contributed by atoms with van der Waals surface area (Å²) in [4.78, 5) is 26.6. The van der Waals surface area contributed by atoms with Crippen molar-refractivity contribution in [1.29, 1.82) is 0 Å². The van der Waals surface area contributed by atoms with Crippen molar-refractivity contribution in [2.45, 2.75) is 45.6 Å². The maximum atomic E-state index is 13.4. The normalized spacial score (nSPS) is 11.5. The minimum Gasteiger partial charge on any atom is -0.490 e. The van der Waals surface area contributed by atoms with Crippen LogP contribution in [0.15, 0.2) is 64.9 Å². The van der Waals surface area contributed by atoms with Gasteiger partial charge in [0.1, 0.15) is 5.56 Å². The highest BCUT2D eigenvalue weighted by molar-refractivity contribution is 7.89. The van der Waals surface area contributed by atoms with E-state index in [1.54, 1.807) is 30.6 Å². The van der Waals surface area contributed by atoms with Crippen LogP contribution in [0.2, 0.25) is 0 Å². The van der Waals surface area contributed by atoms with E-state index in [0.717, 1.165) is 5.56 Å². The number of nitrogens with zero attached hydrogens (tertiary/aromatic N) is 2. The SMILES string of the molecule is C=CCn1cc(C(=O)NCCc2ccc(OCC)c(OCC)c2)c(=O)c2cc(S(=O)(=O)N(CC)CC)ccc21. The second-order valence-electron chi connectivity index (χ2n) is 8.73. The Morgan fingerprint density at radius 1 is 1.03 bits per heavy atom. The van der Waals surface area contributed by atoms with E-state index < -0.39 is 21.4 Å². The number of carbonyl (C=O) groups excluding carboxylic acids is 1. The summed E-state index contributed by atoms with van der Waals surface area (Å²) >= 11 is 0. The van der Waals surface area contributed by atoms with Gasteiger partial charge < -0.3 is 19.4 Å². The van der Waals surface area contributed by atoms with Crippen molar-refractivity contribution in [3.05, 3.63) is 76.6 Å². The van der Waals surface area contributed by atoms with Gasteiger partial charge in [-0.1, -0.05) is 26.0 Å². The molecule has 3 aromatic rings. The van der Waals surface area contributed by atoms with E-state index in [2.05, 4.69) is 11.9 Å². The van der Waals surface area contributed by atoms with Crippen LogP contribution in [0.1, 0.15) is 43.6 Å². The third-order valence-corrected chi connectivity index (χ3v) is 8.32. The van der Waals surface area contributed by atoms with Gasteiger partial charge in [-0.3, -0.25) is 9.59 Å². The number of aromatic nitrogens is 1. The molecule has 0 saturated heterocycles. The summed E-state index contributed by atoms with van der Waals surface area (Å²) < 4.78 is 40.5. The molecule has 0 spiro atoms. The van der Waals surface area contributed by atoms with Gasteiger partial charge in [-0.2, -0.15) is 4.31 Å². The van der Waals surface area contributed by atoms with Crippen LogP contribution in [0.4, 0.5) is 0 Å². The van der Waals surface area contributed by atoms with Gasteiger partial charge in [0.05, 0.1) is 23.6 Å². The molecule has 1 amide bonds. The zero-order valence-corrected chi connectivity index (χ0v) is 23.8. The Bertz CT molecular complexity index is 1490. The maximum Gasteiger partial charge on any atom is 0.256 e. The summed E-state index contributed by atoms with van der Waals surface area (Å²) in [5, 5.41) is 2.98. The Morgan fingerprint density at radius 2 is 1.72 bits per heavy atom. The first-order valence-corrected chi connectivity index (χ1v) is 14.6. The molecule has 0 aliphatic carbocycles. The summed E-state index contributed by atoms with van der Waals surface area (Å²) in [6, 6.07) is 10.1. The molecule has 1 aromatic heterocycles. The first kappa shape index (κ1) is 29.9. The van der Waals surface area contributed by atoms with E-state index in [1.807, 2.05) is 32.0 Å². The van der Waals surface area contributed by atoms with Gasteiger partial charge in [0.25, 0.3) is 5.91 Å². The molecule has 3 rings (SSSR count). The number of sulfonamides is 1. The molecule has 2 aromatic carbocycles. The largest absolute Gasteiger partial charge is 0.490 e. The number of fused-ring (bicyclic) bond motifs is 1. The molecule has 0 radical (unpaired) electrons. The first-order chi connectivity index (χ1) is 18.7. The van der Waals surface area contributed by atoms with Crippen molar-refractivity contribution >= 4 is 26.8 Å². The van der Waals surface area contributed by atoms with Crippen LogP contribution in [0.25, 0.3) is 10.9 Å². The van der Waals surface area contributed by atoms with Gasteiger partial charge >= 0.3 is 0 Å². The van der Waals surface area contributed by atoms with E-state index in [-0.39, 0.29) is 22.4 Å². The van der Waals surface area contributed by atoms with Gasteiger partial charge in [0.2, 0.25) is 15.5 Å². The molecule has 9 nitrogen and oxygen atoms in total. The van der Waals surface area contributed by atoms with Crippen molar-refractivity contribution in [3.63, 3.8) is 0 Å². The number of ether oxygens (including phenoxy) is 2. The Labute approximate surface area is 230 Å². The van der Waals surface area contributed by atoms with E-state index >= 15 is 0 Å². The average Bonchev–Trinajstić information content (AvgIpc) is 2.92. The lowest BCUT2D eigenvalue weighted by atomic mass is 10.1. The highest BCUT2D eigenvalue weighted by Crippen LogP contribution is 2.28. The topological polar surface area (TPSA) is 107 Å². The Kier molecular flexibility index (Phi) is 10.3. The summed E-state index contributed by atoms with van der Waals surface area (Å²) in [5.74, 6) is 0.765. The first-order valence-electron chi connectivity index (χ1n) is 13.2. The summed E-state index contributed by atoms with van der Waals surface area (Å²) in [6.45, 7) is 13.3. The molecule has 0 bridgehead atoms. The number of carbonyl (C=O) groups is 1. The summed E-state index contributed by atoms with van der Waals surface area (Å²) in [7, 11) is -3.78. The Morgan fingerprint density at radius 3 is 2.36 bits per heavy atom. The average molecular weight is 556 g/mol. The molecule has 1 N–H and O–H groups in total. The van der Waals surface area contributed by atoms with Crippen LogP contribution in [-0.2, 0) is 23.0 Å². The minimum atomic E-state index is -3.78. The highest BCUT2D eigenvalue weighted by atomic mass is 32.2. The molecule has 10 heteroatoms. The lowest BCUT2D eigenvalue weighted by Crippen LogP contribution is -2.32. The minimum absolute atomic E-state index is 0.0131. The Hall–Kier alpha value is -3.63. The third-order valence-electron chi connectivity index (χ3n) is 6.27. The number of amides is 1. The molecule has 0 unspecified atom stereocenters. The lowest BCUT2D eigenvalue weighted by Gasteiger charge is -2.19. The van der Waals surface area contributed by atoms with Crippen molar-refractivity contribution < 1.29 is 22.7 Å². The number of hydrogen-bond acceptors (Lipinski definition) is 6. The number of allylic oxidation sites excluding steroid dienone is 1. The molecule has 1 heterocycles. The van der Waals surface area contributed by atoms with Gasteiger partial charge in [-0.15, -0.1) is 6.58 Å². The number of nitrogens with one attached hydrogen (secondary N) is 1. The van der Waals surface area contributed by atoms with Crippen LogP contribution in [0.3, 0.4) is 0 Å². The molecule has 0 atom stereocenters. The van der Waals surface area contributed by atoms with Crippen molar-refractivity contribution in [2.75, 3.05) is 32.8 Å². The van der Waals surface area contributed by atoms with Crippen LogP contribution >= 0.6 is 0 Å². The molecule has 0 saturated carbocycles. The van der Waals surface area contributed by atoms with Crippen LogP contribution in [-0.4, -0.2) is 56.0 Å². The van der Waals surface area contributed by atoms with E-state index in [9.17, 15) is 18.0 Å². The van der Waals surface area contributed by atoms with E-state index in [1.165, 1.54) is 22.6 Å². The molecular weight excluding hydrogens is 518 g/mol. The third kappa shape index (κ3) is 6.69. The fourth-order valence-corrected chi connectivity index (χ4v) is 5.85. The fourth-order valence-electron chi connectivity index (χ4n) is 4.37. The molecular formula is C29H37N3O6S. The number of rotatable bonds is 14. The molecule has 0 fully saturated rings. The number of hydrogen-bond donors (Lipinski definition) is 1. The van der Waals surface area contributed by atoms with Gasteiger partial charge in [0, 0.05) is 37.8 Å². The van der Waals surface area contributed by atoms with E-state index in [4.69, 9.17) is 9.47 Å². The predicted octanol–water partition coefficient (Wildman–Crippen LogP) is 3.99. The van der Waals surface area contributed by atoms with Crippen LogP contribution in [0.5, 0.6) is 11.5 Å². The van der Waals surface area contributed by atoms with Crippen molar-refractivity contribution in [3.8, 4) is 11.5 Å². The lowest BCUT2D eigenvalue weighted by molar-refractivity contribution is 0.0952. The predicted molar refractivity (Wildman–Crippen MR) is 153 cm³/mol. The molecule has 210 valence electrons. The Balaban J connectivity index is 1.90. The number of pyridine rings is 1. The highest BCUT2D eigenvalue weighted by Gasteiger charge is 2.23. The molecule has 0 aliphatic rings.